The fourth-order valence-electron chi connectivity index (χ4n) is 3.74. The highest BCUT2D eigenvalue weighted by Crippen LogP contribution is 2.16. The number of carbonyl (C=O) groups excluding carboxylic acids is 1. The van der Waals surface area contributed by atoms with Gasteiger partial charge in [0.05, 0.1) is 11.6 Å². The van der Waals surface area contributed by atoms with Crippen molar-refractivity contribution in [2.45, 2.75) is 13.5 Å². The number of hydrogen-bond acceptors (Lipinski definition) is 4. The molecule has 0 aliphatic carbocycles. The first kappa shape index (κ1) is 18.9. The van der Waals surface area contributed by atoms with Crippen LogP contribution in [0.5, 0.6) is 0 Å². The molecule has 2 heterocycles. The van der Waals surface area contributed by atoms with Crippen LogP contribution in [0.3, 0.4) is 0 Å². The maximum absolute atomic E-state index is 12.7. The van der Waals surface area contributed by atoms with Gasteiger partial charge in [0.2, 0.25) is 0 Å². The minimum atomic E-state index is -0.0619. The normalized spacial score (nSPS) is 14.7. The molecule has 0 unspecified atom stereocenters. The number of H-pyrrole nitrogens is 1. The molecular weight excluding hydrogens is 364 g/mol. The van der Waals surface area contributed by atoms with E-state index >= 15 is 0 Å². The molecule has 6 nitrogen and oxygen atoms in total. The Bertz CT molecular complexity index is 1170. The van der Waals surface area contributed by atoms with Crippen LogP contribution in [0.25, 0.3) is 10.9 Å². The minimum absolute atomic E-state index is 0.0548. The van der Waals surface area contributed by atoms with Crippen LogP contribution in [-0.4, -0.2) is 46.9 Å². The molecule has 0 saturated carbocycles. The number of rotatable bonds is 3. The van der Waals surface area contributed by atoms with E-state index < -0.39 is 0 Å². The highest BCUT2D eigenvalue weighted by Gasteiger charge is 2.23. The van der Waals surface area contributed by atoms with E-state index in [-0.39, 0.29) is 11.5 Å². The number of carbonyl (C=O) groups is 1. The predicted molar refractivity (Wildman–Crippen MR) is 112 cm³/mol. The summed E-state index contributed by atoms with van der Waals surface area (Å²) in [6.07, 6.45) is 0. The van der Waals surface area contributed by atoms with Gasteiger partial charge in [0.25, 0.3) is 11.5 Å². The Morgan fingerprint density at radius 2 is 1.90 bits per heavy atom. The molecule has 0 radical (unpaired) electrons. The number of nitrogens with one attached hydrogen (secondary N) is 1. The van der Waals surface area contributed by atoms with Gasteiger partial charge in [-0.15, -0.1) is 0 Å². The Labute approximate surface area is 169 Å². The van der Waals surface area contributed by atoms with Crippen molar-refractivity contribution >= 4 is 16.8 Å². The van der Waals surface area contributed by atoms with Crippen LogP contribution >= 0.6 is 0 Å². The molecule has 1 aromatic heterocycles. The van der Waals surface area contributed by atoms with Crippen LogP contribution in [0.15, 0.2) is 53.3 Å². The number of aromatic nitrogens is 1. The van der Waals surface area contributed by atoms with E-state index in [0.29, 0.717) is 43.9 Å². The molecule has 0 spiro atoms. The van der Waals surface area contributed by atoms with Gasteiger partial charge >= 0.3 is 0 Å². The Hall–Kier alpha value is -3.43. The topological polar surface area (TPSA) is 80.2 Å². The Morgan fingerprint density at radius 1 is 1.10 bits per heavy atom. The second-order valence-electron chi connectivity index (χ2n) is 7.48. The Kier molecular flexibility index (Phi) is 5.15. The summed E-state index contributed by atoms with van der Waals surface area (Å²) in [7, 11) is 0. The average molecular weight is 386 g/mol. The van der Waals surface area contributed by atoms with Gasteiger partial charge < -0.3 is 9.88 Å². The van der Waals surface area contributed by atoms with E-state index in [0.717, 1.165) is 22.0 Å². The minimum Gasteiger partial charge on any atom is -0.336 e. The van der Waals surface area contributed by atoms with Crippen LogP contribution in [-0.2, 0) is 6.54 Å². The van der Waals surface area contributed by atoms with Crippen molar-refractivity contribution in [2.24, 2.45) is 0 Å². The lowest BCUT2D eigenvalue weighted by atomic mass is 10.1. The van der Waals surface area contributed by atoms with Crippen molar-refractivity contribution in [2.75, 3.05) is 26.2 Å². The SMILES string of the molecule is Cc1ccc2[nH]c(=O)c(CN3CCN(C(=O)c4cccc(C#N)c4)CC3)cc2c1. The molecule has 6 heteroatoms. The van der Waals surface area contributed by atoms with Gasteiger partial charge in [-0.25, -0.2) is 0 Å². The third-order valence-corrected chi connectivity index (χ3v) is 5.37. The monoisotopic (exact) mass is 386 g/mol. The fraction of sp³-hybridized carbons (Fsp3) is 0.261. The van der Waals surface area contributed by atoms with Crippen molar-refractivity contribution in [3.8, 4) is 6.07 Å². The van der Waals surface area contributed by atoms with Gasteiger partial charge in [-0.05, 0) is 48.7 Å². The lowest BCUT2D eigenvalue weighted by Gasteiger charge is -2.34. The number of nitrogens with zero attached hydrogens (tertiary/aromatic N) is 3. The number of piperazine rings is 1. The van der Waals surface area contributed by atoms with Gasteiger partial charge in [-0.2, -0.15) is 5.26 Å². The van der Waals surface area contributed by atoms with Crippen LogP contribution in [0.1, 0.15) is 27.0 Å². The molecule has 146 valence electrons. The number of nitriles is 1. The van der Waals surface area contributed by atoms with Crippen molar-refractivity contribution in [1.82, 2.24) is 14.8 Å². The number of hydrogen-bond donors (Lipinski definition) is 1. The summed E-state index contributed by atoms with van der Waals surface area (Å²) in [5.41, 5.74) is 3.71. The molecule has 1 N–H and O–H groups in total. The van der Waals surface area contributed by atoms with Crippen LogP contribution in [0, 0.1) is 18.3 Å². The number of aromatic amines is 1. The molecule has 3 aromatic rings. The second-order valence-corrected chi connectivity index (χ2v) is 7.48. The van der Waals surface area contributed by atoms with Gasteiger partial charge in [0.1, 0.15) is 0 Å². The van der Waals surface area contributed by atoms with Crippen molar-refractivity contribution < 1.29 is 4.79 Å². The van der Waals surface area contributed by atoms with Crippen molar-refractivity contribution in [3.05, 3.63) is 81.1 Å². The zero-order valence-corrected chi connectivity index (χ0v) is 16.3. The fourth-order valence-corrected chi connectivity index (χ4v) is 3.74. The second kappa shape index (κ2) is 7.90. The third kappa shape index (κ3) is 4.05. The standard InChI is InChI=1S/C23H22N4O2/c1-16-5-6-21-19(11-16)13-20(22(28)25-21)15-26-7-9-27(10-8-26)23(29)18-4-2-3-17(12-18)14-24/h2-6,11-13H,7-10,15H2,1H3,(H,25,28). The van der Waals surface area contributed by atoms with E-state index in [2.05, 4.69) is 22.0 Å². The van der Waals surface area contributed by atoms with Crippen LogP contribution < -0.4 is 5.56 Å². The van der Waals surface area contributed by atoms with Crippen LogP contribution in [0.2, 0.25) is 0 Å². The Morgan fingerprint density at radius 3 is 2.66 bits per heavy atom. The molecule has 4 rings (SSSR count). The first-order valence-corrected chi connectivity index (χ1v) is 9.68. The molecule has 29 heavy (non-hydrogen) atoms. The van der Waals surface area contributed by atoms with Gasteiger partial charge in [0, 0.05) is 49.4 Å². The van der Waals surface area contributed by atoms with E-state index in [1.54, 1.807) is 29.2 Å². The van der Waals surface area contributed by atoms with E-state index in [9.17, 15) is 9.59 Å². The molecule has 1 fully saturated rings. The zero-order valence-electron chi connectivity index (χ0n) is 16.3. The molecule has 1 amide bonds. The number of pyridine rings is 1. The van der Waals surface area contributed by atoms with Gasteiger partial charge in [-0.3, -0.25) is 14.5 Å². The van der Waals surface area contributed by atoms with E-state index in [1.807, 2.05) is 25.1 Å². The van der Waals surface area contributed by atoms with Crippen molar-refractivity contribution in [1.29, 1.82) is 5.26 Å². The van der Waals surface area contributed by atoms with Crippen LogP contribution in [0.4, 0.5) is 0 Å². The summed E-state index contributed by atoms with van der Waals surface area (Å²) < 4.78 is 0. The number of benzene rings is 2. The van der Waals surface area contributed by atoms with E-state index in [4.69, 9.17) is 5.26 Å². The molecule has 1 saturated heterocycles. The summed E-state index contributed by atoms with van der Waals surface area (Å²) in [6.45, 7) is 5.20. The van der Waals surface area contributed by atoms with Gasteiger partial charge in [-0.1, -0.05) is 17.7 Å². The number of aryl methyl sites for hydroxylation is 1. The average Bonchev–Trinajstić information content (AvgIpc) is 2.74. The summed E-state index contributed by atoms with van der Waals surface area (Å²) in [4.78, 5) is 32.1. The largest absolute Gasteiger partial charge is 0.336 e. The molecule has 0 atom stereocenters. The molecular formula is C23H22N4O2. The molecule has 1 aliphatic rings. The summed E-state index contributed by atoms with van der Waals surface area (Å²) in [5.74, 6) is -0.0548. The quantitative estimate of drug-likeness (QED) is 0.750. The first-order chi connectivity index (χ1) is 14.0. The zero-order chi connectivity index (χ0) is 20.4. The molecule has 1 aliphatic heterocycles. The maximum atomic E-state index is 12.7. The van der Waals surface area contributed by atoms with E-state index in [1.165, 1.54) is 0 Å². The molecule has 2 aromatic carbocycles. The maximum Gasteiger partial charge on any atom is 0.253 e. The highest BCUT2D eigenvalue weighted by molar-refractivity contribution is 5.94. The lowest BCUT2D eigenvalue weighted by Crippen LogP contribution is -2.48. The summed E-state index contributed by atoms with van der Waals surface area (Å²) >= 11 is 0. The lowest BCUT2D eigenvalue weighted by molar-refractivity contribution is 0.0628. The highest BCUT2D eigenvalue weighted by atomic mass is 16.2. The summed E-state index contributed by atoms with van der Waals surface area (Å²) in [6, 6.07) is 16.8. The third-order valence-electron chi connectivity index (χ3n) is 5.37. The first-order valence-electron chi connectivity index (χ1n) is 9.68. The molecule has 0 bridgehead atoms. The summed E-state index contributed by atoms with van der Waals surface area (Å²) in [5, 5.41) is 10.1. The van der Waals surface area contributed by atoms with Crippen molar-refractivity contribution in [3.63, 3.8) is 0 Å². The number of amides is 1. The predicted octanol–water partition coefficient (Wildman–Crippen LogP) is 2.67. The van der Waals surface area contributed by atoms with Gasteiger partial charge in [0.15, 0.2) is 0 Å². The Balaban J connectivity index is 1.43. The smallest absolute Gasteiger partial charge is 0.253 e. The number of fused-ring (bicyclic) bond motifs is 1.